The number of carbonyl (C=O) groups excluding carboxylic acids is 1. The lowest BCUT2D eigenvalue weighted by molar-refractivity contribution is -0.117. The zero-order chi connectivity index (χ0) is 15.2. The molecule has 0 bridgehead atoms. The predicted octanol–water partition coefficient (Wildman–Crippen LogP) is 3.08. The Hall–Kier alpha value is -0.810. The third-order valence-corrected chi connectivity index (χ3v) is 4.27. The smallest absolute Gasteiger partial charge is 0.238 e. The van der Waals surface area contributed by atoms with Crippen molar-refractivity contribution >= 4 is 35.6 Å². The minimum Gasteiger partial charge on any atom is -0.325 e. The Morgan fingerprint density at radius 3 is 2.95 bits per heavy atom. The molecule has 1 fully saturated rings. The fraction of sp³-hybridized carbons (Fsp3) is 0.562. The molecule has 2 N–H and O–H groups in total. The van der Waals surface area contributed by atoms with Crippen molar-refractivity contribution in [2.45, 2.75) is 32.2 Å². The van der Waals surface area contributed by atoms with Crippen LogP contribution in [0.3, 0.4) is 0 Å². The van der Waals surface area contributed by atoms with Crippen molar-refractivity contribution < 1.29 is 4.79 Å². The average molecular weight is 346 g/mol. The summed E-state index contributed by atoms with van der Waals surface area (Å²) in [6.07, 6.45) is 3.41. The summed E-state index contributed by atoms with van der Waals surface area (Å²) < 4.78 is 0. The number of benzene rings is 1. The molecule has 1 aromatic carbocycles. The predicted molar refractivity (Wildman–Crippen MR) is 95.2 cm³/mol. The van der Waals surface area contributed by atoms with Gasteiger partial charge >= 0.3 is 0 Å². The van der Waals surface area contributed by atoms with E-state index in [1.54, 1.807) is 6.07 Å². The van der Waals surface area contributed by atoms with E-state index in [1.165, 1.54) is 6.42 Å². The molecule has 6 heteroatoms. The van der Waals surface area contributed by atoms with Gasteiger partial charge in [-0.3, -0.25) is 9.69 Å². The number of rotatable bonds is 4. The molecule has 1 aliphatic rings. The first-order valence-electron chi connectivity index (χ1n) is 7.53. The zero-order valence-corrected chi connectivity index (χ0v) is 14.8. The first-order valence-corrected chi connectivity index (χ1v) is 7.91. The Labute approximate surface area is 144 Å². The monoisotopic (exact) mass is 345 g/mol. The summed E-state index contributed by atoms with van der Waals surface area (Å²) in [5, 5.41) is 6.99. The van der Waals surface area contributed by atoms with Gasteiger partial charge in [0.25, 0.3) is 0 Å². The average Bonchev–Trinajstić information content (AvgIpc) is 2.72. The van der Waals surface area contributed by atoms with Crippen molar-refractivity contribution in [1.82, 2.24) is 10.2 Å². The van der Waals surface area contributed by atoms with E-state index in [1.807, 2.05) is 26.1 Å². The second-order valence-electron chi connectivity index (χ2n) is 5.76. The standard InChI is InChI=1S/C16H24ClN3O.ClH/c1-12-5-6-13(17)10-15(12)19-16(21)11-20(2)14-4-3-8-18-9-7-14;/h5-6,10,14,18H,3-4,7-9,11H2,1-2H3,(H,19,21);1H. The fourth-order valence-electron chi connectivity index (χ4n) is 2.72. The molecule has 1 saturated heterocycles. The minimum atomic E-state index is 0. The number of carbonyl (C=O) groups is 1. The minimum absolute atomic E-state index is 0. The molecule has 22 heavy (non-hydrogen) atoms. The largest absolute Gasteiger partial charge is 0.325 e. The highest BCUT2D eigenvalue weighted by molar-refractivity contribution is 6.31. The second kappa shape index (κ2) is 9.36. The van der Waals surface area contributed by atoms with Crippen LogP contribution in [0.5, 0.6) is 0 Å². The molecule has 1 amide bonds. The van der Waals surface area contributed by atoms with E-state index in [-0.39, 0.29) is 18.3 Å². The molecule has 0 spiro atoms. The summed E-state index contributed by atoms with van der Waals surface area (Å²) in [6, 6.07) is 6.02. The summed E-state index contributed by atoms with van der Waals surface area (Å²) in [5.41, 5.74) is 1.82. The van der Waals surface area contributed by atoms with Gasteiger partial charge in [-0.1, -0.05) is 17.7 Å². The van der Waals surface area contributed by atoms with Crippen molar-refractivity contribution in [3.63, 3.8) is 0 Å². The number of aryl methyl sites for hydroxylation is 1. The van der Waals surface area contributed by atoms with Crippen molar-refractivity contribution in [3.05, 3.63) is 28.8 Å². The number of anilines is 1. The Morgan fingerprint density at radius 2 is 2.18 bits per heavy atom. The highest BCUT2D eigenvalue weighted by atomic mass is 35.5. The molecular weight excluding hydrogens is 321 g/mol. The third kappa shape index (κ3) is 5.76. The summed E-state index contributed by atoms with van der Waals surface area (Å²) in [7, 11) is 2.03. The summed E-state index contributed by atoms with van der Waals surface area (Å²) in [4.78, 5) is 14.4. The van der Waals surface area contributed by atoms with Crippen molar-refractivity contribution in [3.8, 4) is 0 Å². The van der Waals surface area contributed by atoms with Gasteiger partial charge in [-0.05, 0) is 64.0 Å². The van der Waals surface area contributed by atoms with Gasteiger partial charge in [-0.2, -0.15) is 0 Å². The molecule has 2 rings (SSSR count). The number of hydrogen-bond donors (Lipinski definition) is 2. The molecular formula is C16H25Cl2N3O. The normalized spacial score (nSPS) is 18.5. The molecule has 0 aliphatic carbocycles. The van der Waals surface area contributed by atoms with Crippen LogP contribution in [0.4, 0.5) is 5.69 Å². The van der Waals surface area contributed by atoms with Crippen molar-refractivity contribution in [2.24, 2.45) is 0 Å². The Kier molecular flexibility index (Phi) is 8.18. The van der Waals surface area contributed by atoms with Crippen LogP contribution in [0.2, 0.25) is 5.02 Å². The Balaban J connectivity index is 0.00000242. The molecule has 1 unspecified atom stereocenters. The van der Waals surface area contributed by atoms with Crippen LogP contribution in [0.25, 0.3) is 0 Å². The third-order valence-electron chi connectivity index (χ3n) is 4.04. The van der Waals surface area contributed by atoms with Gasteiger partial charge < -0.3 is 10.6 Å². The van der Waals surface area contributed by atoms with Crippen molar-refractivity contribution in [2.75, 3.05) is 32.0 Å². The van der Waals surface area contributed by atoms with Gasteiger partial charge in [0.05, 0.1) is 6.54 Å². The number of hydrogen-bond acceptors (Lipinski definition) is 3. The topological polar surface area (TPSA) is 44.4 Å². The molecule has 1 heterocycles. The van der Waals surface area contributed by atoms with Gasteiger partial charge in [-0.25, -0.2) is 0 Å². The molecule has 1 atom stereocenters. The summed E-state index contributed by atoms with van der Waals surface area (Å²) in [6.45, 7) is 4.49. The lowest BCUT2D eigenvalue weighted by Gasteiger charge is -2.26. The maximum absolute atomic E-state index is 12.2. The summed E-state index contributed by atoms with van der Waals surface area (Å²) in [5.74, 6) is 0.0140. The van der Waals surface area contributed by atoms with Crippen LogP contribution < -0.4 is 10.6 Å². The number of halogens is 2. The van der Waals surface area contributed by atoms with E-state index < -0.39 is 0 Å². The Bertz CT molecular complexity index is 488. The molecule has 0 saturated carbocycles. The van der Waals surface area contributed by atoms with Crippen LogP contribution in [0.1, 0.15) is 24.8 Å². The maximum Gasteiger partial charge on any atom is 0.238 e. The van der Waals surface area contributed by atoms with Crippen LogP contribution in [0.15, 0.2) is 18.2 Å². The van der Waals surface area contributed by atoms with Gasteiger partial charge in [0.1, 0.15) is 0 Å². The van der Waals surface area contributed by atoms with E-state index in [0.29, 0.717) is 17.6 Å². The lowest BCUT2D eigenvalue weighted by atomic mass is 10.1. The number of amides is 1. The molecule has 0 radical (unpaired) electrons. The first kappa shape index (κ1) is 19.2. The molecule has 1 aromatic rings. The van der Waals surface area contributed by atoms with Gasteiger partial charge in [0, 0.05) is 16.8 Å². The number of likely N-dealkylation sites (N-methyl/N-ethyl adjacent to an activating group) is 1. The molecule has 4 nitrogen and oxygen atoms in total. The quantitative estimate of drug-likeness (QED) is 0.881. The van der Waals surface area contributed by atoms with Crippen LogP contribution in [0, 0.1) is 6.92 Å². The lowest BCUT2D eigenvalue weighted by Crippen LogP contribution is -2.38. The first-order chi connectivity index (χ1) is 10.1. The van der Waals surface area contributed by atoms with E-state index in [4.69, 9.17) is 11.6 Å². The van der Waals surface area contributed by atoms with Crippen LogP contribution in [-0.2, 0) is 4.79 Å². The zero-order valence-electron chi connectivity index (χ0n) is 13.2. The van der Waals surface area contributed by atoms with Gasteiger partial charge in [0.15, 0.2) is 0 Å². The van der Waals surface area contributed by atoms with Gasteiger partial charge in [0.2, 0.25) is 5.91 Å². The fourth-order valence-corrected chi connectivity index (χ4v) is 2.89. The SMILES string of the molecule is Cc1ccc(Cl)cc1NC(=O)CN(C)C1CCCNCC1.Cl. The van der Waals surface area contributed by atoms with Gasteiger partial charge in [-0.15, -0.1) is 12.4 Å². The van der Waals surface area contributed by atoms with Crippen molar-refractivity contribution in [1.29, 1.82) is 0 Å². The second-order valence-corrected chi connectivity index (χ2v) is 6.19. The highest BCUT2D eigenvalue weighted by Gasteiger charge is 2.19. The number of nitrogens with one attached hydrogen (secondary N) is 2. The molecule has 1 aliphatic heterocycles. The van der Waals surface area contributed by atoms with E-state index in [9.17, 15) is 4.79 Å². The van der Waals surface area contributed by atoms with E-state index in [2.05, 4.69) is 15.5 Å². The molecule has 124 valence electrons. The van der Waals surface area contributed by atoms with E-state index in [0.717, 1.165) is 37.2 Å². The molecule has 0 aromatic heterocycles. The van der Waals surface area contributed by atoms with E-state index >= 15 is 0 Å². The summed E-state index contributed by atoms with van der Waals surface area (Å²) >= 11 is 5.98. The maximum atomic E-state index is 12.2. The highest BCUT2D eigenvalue weighted by Crippen LogP contribution is 2.20. The van der Waals surface area contributed by atoms with Crippen LogP contribution in [-0.4, -0.2) is 43.5 Å². The Morgan fingerprint density at radius 1 is 1.41 bits per heavy atom. The van der Waals surface area contributed by atoms with Crippen LogP contribution >= 0.6 is 24.0 Å². The number of nitrogens with zero attached hydrogens (tertiary/aromatic N) is 1.